The van der Waals surface area contributed by atoms with Gasteiger partial charge in [-0.2, -0.15) is 0 Å². The maximum absolute atomic E-state index is 12.0. The van der Waals surface area contributed by atoms with Crippen LogP contribution in [0.2, 0.25) is 0 Å². The summed E-state index contributed by atoms with van der Waals surface area (Å²) in [4.78, 5) is 14.1. The summed E-state index contributed by atoms with van der Waals surface area (Å²) in [5.74, 6) is 0.716. The second kappa shape index (κ2) is 5.44. The Kier molecular flexibility index (Phi) is 4.04. The zero-order chi connectivity index (χ0) is 14.9. The highest BCUT2D eigenvalue weighted by Crippen LogP contribution is 2.33. The van der Waals surface area contributed by atoms with Crippen molar-refractivity contribution in [3.63, 3.8) is 0 Å². The van der Waals surface area contributed by atoms with Gasteiger partial charge in [-0.15, -0.1) is 0 Å². The SMILES string of the molecule is COc1ccc([C@@H](C)N2C[C@@H]2C(=O)OC(C)(C)C)cc1. The van der Waals surface area contributed by atoms with E-state index in [4.69, 9.17) is 9.47 Å². The number of benzene rings is 1. The molecule has 1 aliphatic heterocycles. The first-order chi connectivity index (χ1) is 9.31. The molecule has 1 unspecified atom stereocenters. The molecule has 0 bridgehead atoms. The second-order valence-electron chi connectivity index (χ2n) is 6.20. The zero-order valence-corrected chi connectivity index (χ0v) is 12.8. The molecule has 2 rings (SSSR count). The number of ether oxygens (including phenoxy) is 2. The molecule has 1 aromatic carbocycles. The van der Waals surface area contributed by atoms with Crippen LogP contribution in [0.1, 0.15) is 39.3 Å². The minimum absolute atomic E-state index is 0.105. The van der Waals surface area contributed by atoms with Gasteiger partial charge in [0.05, 0.1) is 7.11 Å². The highest BCUT2D eigenvalue weighted by molar-refractivity contribution is 5.79. The average Bonchev–Trinajstić information content (AvgIpc) is 3.16. The molecule has 0 amide bonds. The highest BCUT2D eigenvalue weighted by Gasteiger charge is 2.45. The van der Waals surface area contributed by atoms with Crippen LogP contribution < -0.4 is 4.74 Å². The van der Waals surface area contributed by atoms with E-state index >= 15 is 0 Å². The third-order valence-electron chi connectivity index (χ3n) is 3.43. The predicted molar refractivity (Wildman–Crippen MR) is 77.7 cm³/mol. The molecule has 0 radical (unpaired) electrons. The summed E-state index contributed by atoms with van der Waals surface area (Å²) in [6.45, 7) is 8.55. The molecule has 20 heavy (non-hydrogen) atoms. The van der Waals surface area contributed by atoms with Gasteiger partial charge in [0.2, 0.25) is 0 Å². The van der Waals surface area contributed by atoms with E-state index in [0.29, 0.717) is 0 Å². The van der Waals surface area contributed by atoms with Gasteiger partial charge in [0, 0.05) is 12.6 Å². The van der Waals surface area contributed by atoms with Crippen LogP contribution in [0.4, 0.5) is 0 Å². The number of methoxy groups -OCH3 is 1. The van der Waals surface area contributed by atoms with E-state index in [1.807, 2.05) is 45.0 Å². The van der Waals surface area contributed by atoms with E-state index < -0.39 is 5.60 Å². The summed E-state index contributed by atoms with van der Waals surface area (Å²) in [6, 6.07) is 8.06. The predicted octanol–water partition coefficient (Wildman–Crippen LogP) is 2.78. The molecule has 4 heteroatoms. The van der Waals surface area contributed by atoms with Gasteiger partial charge < -0.3 is 9.47 Å². The Morgan fingerprint density at radius 3 is 2.40 bits per heavy atom. The summed E-state index contributed by atoms with van der Waals surface area (Å²) in [5, 5.41) is 0. The van der Waals surface area contributed by atoms with Crippen LogP contribution in [0, 0.1) is 0 Å². The van der Waals surface area contributed by atoms with E-state index in [9.17, 15) is 4.79 Å². The summed E-state index contributed by atoms with van der Waals surface area (Å²) >= 11 is 0. The van der Waals surface area contributed by atoms with Gasteiger partial charge in [-0.3, -0.25) is 9.69 Å². The van der Waals surface area contributed by atoms with Gasteiger partial charge in [-0.05, 0) is 45.4 Å². The average molecular weight is 277 g/mol. The molecule has 3 atom stereocenters. The monoisotopic (exact) mass is 277 g/mol. The minimum atomic E-state index is -0.422. The summed E-state index contributed by atoms with van der Waals surface area (Å²) in [7, 11) is 1.65. The quantitative estimate of drug-likeness (QED) is 0.626. The van der Waals surface area contributed by atoms with Crippen molar-refractivity contribution in [1.82, 2.24) is 4.90 Å². The van der Waals surface area contributed by atoms with E-state index in [0.717, 1.165) is 12.3 Å². The molecule has 0 spiro atoms. The number of nitrogens with zero attached hydrogens (tertiary/aromatic N) is 1. The van der Waals surface area contributed by atoms with Crippen molar-refractivity contribution < 1.29 is 14.3 Å². The summed E-state index contributed by atoms with van der Waals surface area (Å²) < 4.78 is 10.6. The number of hydrogen-bond donors (Lipinski definition) is 0. The molecule has 0 aromatic heterocycles. The Morgan fingerprint density at radius 1 is 1.30 bits per heavy atom. The molecule has 0 aliphatic carbocycles. The molecular weight excluding hydrogens is 254 g/mol. The first kappa shape index (κ1) is 14.9. The van der Waals surface area contributed by atoms with E-state index in [1.165, 1.54) is 5.56 Å². The number of hydrogen-bond acceptors (Lipinski definition) is 4. The van der Waals surface area contributed by atoms with Gasteiger partial charge in [0.1, 0.15) is 17.4 Å². The van der Waals surface area contributed by atoms with Crippen molar-refractivity contribution in [2.45, 2.75) is 45.4 Å². The number of carbonyl (C=O) groups is 1. The molecule has 0 N–H and O–H groups in total. The van der Waals surface area contributed by atoms with Crippen LogP contribution in [0.3, 0.4) is 0 Å². The van der Waals surface area contributed by atoms with Gasteiger partial charge >= 0.3 is 5.97 Å². The fraction of sp³-hybridized carbons (Fsp3) is 0.562. The van der Waals surface area contributed by atoms with Crippen LogP contribution in [0.15, 0.2) is 24.3 Å². The molecule has 1 aliphatic rings. The molecule has 1 fully saturated rings. The molecule has 0 saturated carbocycles. The van der Waals surface area contributed by atoms with E-state index in [2.05, 4.69) is 11.8 Å². The first-order valence-corrected chi connectivity index (χ1v) is 6.94. The first-order valence-electron chi connectivity index (χ1n) is 6.94. The van der Waals surface area contributed by atoms with Crippen LogP contribution in [0.5, 0.6) is 5.75 Å². The summed E-state index contributed by atoms with van der Waals surface area (Å²) in [5.41, 5.74) is 0.756. The fourth-order valence-electron chi connectivity index (χ4n) is 2.23. The summed E-state index contributed by atoms with van der Waals surface area (Å²) in [6.07, 6.45) is 0. The Morgan fingerprint density at radius 2 is 1.90 bits per heavy atom. The molecular formula is C16H23NO3. The van der Waals surface area contributed by atoms with Crippen molar-refractivity contribution in [3.8, 4) is 5.75 Å². The normalized spacial score (nSPS) is 23.1. The highest BCUT2D eigenvalue weighted by atomic mass is 16.6. The van der Waals surface area contributed by atoms with Crippen molar-refractivity contribution in [2.24, 2.45) is 0 Å². The third kappa shape index (κ3) is 3.51. The maximum atomic E-state index is 12.0. The molecule has 4 nitrogen and oxygen atoms in total. The lowest BCUT2D eigenvalue weighted by atomic mass is 10.1. The lowest BCUT2D eigenvalue weighted by molar-refractivity contribution is -0.155. The number of rotatable bonds is 4. The maximum Gasteiger partial charge on any atom is 0.325 e. The molecule has 1 heterocycles. The third-order valence-corrected chi connectivity index (χ3v) is 3.43. The Bertz CT molecular complexity index is 475. The van der Waals surface area contributed by atoms with Crippen LogP contribution in [-0.4, -0.2) is 36.2 Å². The molecule has 1 saturated heterocycles. The van der Waals surface area contributed by atoms with Crippen LogP contribution in [0.25, 0.3) is 0 Å². The van der Waals surface area contributed by atoms with Crippen molar-refractivity contribution in [2.75, 3.05) is 13.7 Å². The largest absolute Gasteiger partial charge is 0.497 e. The molecule has 1 aromatic rings. The van der Waals surface area contributed by atoms with Gasteiger partial charge in [0.15, 0.2) is 0 Å². The second-order valence-corrected chi connectivity index (χ2v) is 6.20. The van der Waals surface area contributed by atoms with Gasteiger partial charge in [-0.1, -0.05) is 12.1 Å². The van der Waals surface area contributed by atoms with Crippen molar-refractivity contribution in [1.29, 1.82) is 0 Å². The van der Waals surface area contributed by atoms with Gasteiger partial charge in [0.25, 0.3) is 0 Å². The smallest absolute Gasteiger partial charge is 0.325 e. The minimum Gasteiger partial charge on any atom is -0.497 e. The lowest BCUT2D eigenvalue weighted by Crippen LogP contribution is -2.28. The standard InChI is InChI=1S/C16H23NO3/c1-11(12-6-8-13(19-5)9-7-12)17-10-14(17)15(18)20-16(2,3)4/h6-9,11,14H,10H2,1-5H3/t11-,14-,17?/m1/s1. The van der Waals surface area contributed by atoms with Crippen molar-refractivity contribution in [3.05, 3.63) is 29.8 Å². The van der Waals surface area contributed by atoms with Crippen LogP contribution >= 0.6 is 0 Å². The topological polar surface area (TPSA) is 38.5 Å². The van der Waals surface area contributed by atoms with Gasteiger partial charge in [-0.25, -0.2) is 0 Å². The zero-order valence-electron chi connectivity index (χ0n) is 12.8. The Labute approximate surface area is 120 Å². The fourth-order valence-corrected chi connectivity index (χ4v) is 2.23. The Balaban J connectivity index is 1.95. The number of carbonyl (C=O) groups excluding carboxylic acids is 1. The molecule has 110 valence electrons. The Hall–Kier alpha value is -1.55. The number of esters is 1. The van der Waals surface area contributed by atoms with E-state index in [-0.39, 0.29) is 18.1 Å². The lowest BCUT2D eigenvalue weighted by Gasteiger charge is -2.20. The van der Waals surface area contributed by atoms with Crippen molar-refractivity contribution >= 4 is 5.97 Å². The van der Waals surface area contributed by atoms with E-state index in [1.54, 1.807) is 7.11 Å². The van der Waals surface area contributed by atoms with Crippen LogP contribution in [-0.2, 0) is 9.53 Å².